The van der Waals surface area contributed by atoms with E-state index in [0.29, 0.717) is 23.0 Å². The number of urea groups is 1. The van der Waals surface area contributed by atoms with Crippen molar-refractivity contribution in [2.45, 2.75) is 44.6 Å². The number of nitrogens with two attached hydrogens (primary N) is 1. The minimum Gasteiger partial charge on any atom is -0.356 e. The molecule has 1 atom stereocenters. The Morgan fingerprint density at radius 2 is 1.91 bits per heavy atom. The number of hydrogen-bond acceptors (Lipinski definition) is 2. The Balaban J connectivity index is 1.93. The van der Waals surface area contributed by atoms with Crippen LogP contribution in [0, 0.1) is 5.92 Å². The molecule has 23 heavy (non-hydrogen) atoms. The molecule has 2 rings (SSSR count). The van der Waals surface area contributed by atoms with E-state index in [0.717, 1.165) is 0 Å². The van der Waals surface area contributed by atoms with E-state index in [1.807, 2.05) is 6.07 Å². The number of hydrogen-bond donors (Lipinski definition) is 3. The largest absolute Gasteiger partial charge is 0.356 e. The van der Waals surface area contributed by atoms with Crippen LogP contribution in [0.15, 0.2) is 24.3 Å². The monoisotopic (exact) mass is 337 g/mol. The molecule has 1 saturated carbocycles. The summed E-state index contributed by atoms with van der Waals surface area (Å²) in [5.74, 6) is 0.463. The second-order valence-corrected chi connectivity index (χ2v) is 6.50. The fraction of sp³-hybridized carbons (Fsp3) is 0.529. The van der Waals surface area contributed by atoms with E-state index in [1.54, 1.807) is 18.2 Å². The Morgan fingerprint density at radius 3 is 2.57 bits per heavy atom. The Labute approximate surface area is 142 Å². The topological polar surface area (TPSA) is 84.2 Å². The lowest BCUT2D eigenvalue weighted by Crippen LogP contribution is -2.38. The van der Waals surface area contributed by atoms with Crippen LogP contribution in [0.25, 0.3) is 0 Å². The molecular formula is C17H24ClN3O2. The zero-order chi connectivity index (χ0) is 16.7. The molecule has 6 heteroatoms. The first-order valence-corrected chi connectivity index (χ1v) is 8.51. The molecular weight excluding hydrogens is 314 g/mol. The SMILES string of the molecule is NC(=O)NC(CC(=O)NCC1CCCCC1)c1ccccc1Cl. The lowest BCUT2D eigenvalue weighted by atomic mass is 9.89. The summed E-state index contributed by atoms with van der Waals surface area (Å²) in [4.78, 5) is 23.4. The molecule has 0 aliphatic heterocycles. The maximum Gasteiger partial charge on any atom is 0.312 e. The van der Waals surface area contributed by atoms with Gasteiger partial charge in [0.05, 0.1) is 12.5 Å². The number of halogens is 1. The molecule has 1 unspecified atom stereocenters. The van der Waals surface area contributed by atoms with Crippen molar-refractivity contribution in [3.63, 3.8) is 0 Å². The molecule has 0 saturated heterocycles. The van der Waals surface area contributed by atoms with Crippen LogP contribution in [0.1, 0.15) is 50.1 Å². The van der Waals surface area contributed by atoms with Gasteiger partial charge in [0.2, 0.25) is 5.91 Å². The average molecular weight is 338 g/mol. The maximum absolute atomic E-state index is 12.2. The first-order valence-electron chi connectivity index (χ1n) is 8.13. The summed E-state index contributed by atoms with van der Waals surface area (Å²) in [5.41, 5.74) is 5.92. The van der Waals surface area contributed by atoms with Crippen LogP contribution < -0.4 is 16.4 Å². The summed E-state index contributed by atoms with van der Waals surface area (Å²) >= 11 is 6.16. The van der Waals surface area contributed by atoms with Crippen LogP contribution in [0.4, 0.5) is 4.79 Å². The lowest BCUT2D eigenvalue weighted by Gasteiger charge is -2.23. The van der Waals surface area contributed by atoms with Gasteiger partial charge < -0.3 is 16.4 Å². The molecule has 0 bridgehead atoms. The van der Waals surface area contributed by atoms with Gasteiger partial charge in [0, 0.05) is 11.6 Å². The summed E-state index contributed by atoms with van der Waals surface area (Å²) in [6.07, 6.45) is 6.25. The number of benzene rings is 1. The van der Waals surface area contributed by atoms with Gasteiger partial charge in [-0.3, -0.25) is 4.79 Å². The Kier molecular flexibility index (Phi) is 6.71. The van der Waals surface area contributed by atoms with Gasteiger partial charge in [-0.05, 0) is 30.4 Å². The average Bonchev–Trinajstić information content (AvgIpc) is 2.53. The summed E-state index contributed by atoms with van der Waals surface area (Å²) in [6, 6.07) is 5.94. The van der Waals surface area contributed by atoms with Crippen LogP contribution in [-0.4, -0.2) is 18.5 Å². The summed E-state index contributed by atoms with van der Waals surface area (Å²) < 4.78 is 0. The zero-order valence-electron chi connectivity index (χ0n) is 13.2. The van der Waals surface area contributed by atoms with Crippen LogP contribution in [0.3, 0.4) is 0 Å². The first kappa shape index (κ1) is 17.6. The van der Waals surface area contributed by atoms with Gasteiger partial charge in [-0.15, -0.1) is 0 Å². The van der Waals surface area contributed by atoms with E-state index < -0.39 is 12.1 Å². The van der Waals surface area contributed by atoms with Crippen molar-refractivity contribution in [2.75, 3.05) is 6.54 Å². The predicted molar refractivity (Wildman–Crippen MR) is 91.1 cm³/mol. The number of amides is 3. The van der Waals surface area contributed by atoms with Crippen molar-refractivity contribution < 1.29 is 9.59 Å². The van der Waals surface area contributed by atoms with Gasteiger partial charge in [0.15, 0.2) is 0 Å². The molecule has 1 aliphatic carbocycles. The number of carbonyl (C=O) groups excluding carboxylic acids is 2. The number of nitrogens with one attached hydrogen (secondary N) is 2. The summed E-state index contributed by atoms with van der Waals surface area (Å²) in [6.45, 7) is 0.699. The Hall–Kier alpha value is -1.75. The second kappa shape index (κ2) is 8.77. The molecule has 4 N–H and O–H groups in total. The smallest absolute Gasteiger partial charge is 0.312 e. The molecule has 5 nitrogen and oxygen atoms in total. The van der Waals surface area contributed by atoms with Crippen molar-refractivity contribution in [3.05, 3.63) is 34.9 Å². The molecule has 0 radical (unpaired) electrons. The highest BCUT2D eigenvalue weighted by atomic mass is 35.5. The maximum atomic E-state index is 12.2. The third-order valence-electron chi connectivity index (χ3n) is 4.30. The standard InChI is InChI=1S/C17H24ClN3O2/c18-14-9-5-4-8-13(14)15(21-17(19)23)10-16(22)20-11-12-6-2-1-3-7-12/h4-5,8-9,12,15H,1-3,6-7,10-11H2,(H,20,22)(H3,19,21,23). The number of primary amides is 1. The highest BCUT2D eigenvalue weighted by Gasteiger charge is 2.20. The van der Waals surface area contributed by atoms with Crippen molar-refractivity contribution in [1.82, 2.24) is 10.6 Å². The van der Waals surface area contributed by atoms with E-state index in [4.69, 9.17) is 17.3 Å². The predicted octanol–water partition coefficient (Wildman–Crippen LogP) is 3.14. The fourth-order valence-corrected chi connectivity index (χ4v) is 3.34. The molecule has 1 aromatic rings. The molecule has 126 valence electrons. The van der Waals surface area contributed by atoms with Gasteiger partial charge in [0.1, 0.15) is 0 Å². The van der Waals surface area contributed by atoms with E-state index in [1.165, 1.54) is 32.1 Å². The minimum atomic E-state index is -0.671. The highest BCUT2D eigenvalue weighted by Crippen LogP contribution is 2.25. The lowest BCUT2D eigenvalue weighted by molar-refractivity contribution is -0.121. The van der Waals surface area contributed by atoms with E-state index in [9.17, 15) is 9.59 Å². The number of carbonyl (C=O) groups is 2. The van der Waals surface area contributed by atoms with Crippen molar-refractivity contribution >= 4 is 23.5 Å². The normalized spacial score (nSPS) is 16.6. The molecule has 0 spiro atoms. The number of rotatable bonds is 6. The van der Waals surface area contributed by atoms with Gasteiger partial charge in [0.25, 0.3) is 0 Å². The quantitative estimate of drug-likeness (QED) is 0.745. The second-order valence-electron chi connectivity index (χ2n) is 6.09. The van der Waals surface area contributed by atoms with Crippen LogP contribution in [-0.2, 0) is 4.79 Å². The molecule has 1 fully saturated rings. The third kappa shape index (κ3) is 5.75. The van der Waals surface area contributed by atoms with Gasteiger partial charge in [-0.1, -0.05) is 49.1 Å². The minimum absolute atomic E-state index is 0.103. The van der Waals surface area contributed by atoms with Gasteiger partial charge >= 0.3 is 6.03 Å². The highest BCUT2D eigenvalue weighted by molar-refractivity contribution is 6.31. The fourth-order valence-electron chi connectivity index (χ4n) is 3.08. The molecule has 0 heterocycles. The molecule has 1 aromatic carbocycles. The Morgan fingerprint density at radius 1 is 1.22 bits per heavy atom. The van der Waals surface area contributed by atoms with Crippen molar-refractivity contribution in [3.8, 4) is 0 Å². The first-order chi connectivity index (χ1) is 11.1. The van der Waals surface area contributed by atoms with Crippen LogP contribution in [0.2, 0.25) is 5.02 Å². The van der Waals surface area contributed by atoms with E-state index >= 15 is 0 Å². The van der Waals surface area contributed by atoms with Crippen molar-refractivity contribution in [1.29, 1.82) is 0 Å². The van der Waals surface area contributed by atoms with Crippen LogP contribution >= 0.6 is 11.6 Å². The Bertz CT molecular complexity index is 544. The zero-order valence-corrected chi connectivity index (χ0v) is 13.9. The summed E-state index contributed by atoms with van der Waals surface area (Å²) in [5, 5.41) is 6.08. The van der Waals surface area contributed by atoms with E-state index in [2.05, 4.69) is 10.6 Å². The molecule has 1 aliphatic rings. The molecule has 0 aromatic heterocycles. The third-order valence-corrected chi connectivity index (χ3v) is 4.64. The molecule has 3 amide bonds. The van der Waals surface area contributed by atoms with Gasteiger partial charge in [-0.2, -0.15) is 0 Å². The van der Waals surface area contributed by atoms with Crippen molar-refractivity contribution in [2.24, 2.45) is 11.7 Å². The van der Waals surface area contributed by atoms with E-state index in [-0.39, 0.29) is 12.3 Å². The van der Waals surface area contributed by atoms with Crippen LogP contribution in [0.5, 0.6) is 0 Å². The van der Waals surface area contributed by atoms with Gasteiger partial charge in [-0.25, -0.2) is 4.79 Å². The summed E-state index contributed by atoms with van der Waals surface area (Å²) in [7, 11) is 0.